The summed E-state index contributed by atoms with van der Waals surface area (Å²) in [6.07, 6.45) is 1.02. The van der Waals surface area contributed by atoms with E-state index in [9.17, 15) is 9.59 Å². The molecule has 2 saturated carbocycles. The molecule has 0 aromatic rings. The standard InChI is InChI=1S/C17H30N3O4/c1-9(2)19-20(18-6,17(3,4)5)16(22)24-14-10-7-11-12(8-10)23-15(21)13(11)14/h9-14,18-19H,7-8H2,1-6H3/q+1. The van der Waals surface area contributed by atoms with Crippen LogP contribution in [0.15, 0.2) is 0 Å². The first-order valence-electron chi connectivity index (χ1n) is 8.88. The second-order valence-electron chi connectivity index (χ2n) is 8.59. The molecule has 3 aliphatic rings. The molecule has 7 nitrogen and oxygen atoms in total. The van der Waals surface area contributed by atoms with Gasteiger partial charge in [-0.25, -0.2) is 0 Å². The van der Waals surface area contributed by atoms with E-state index >= 15 is 0 Å². The lowest BCUT2D eigenvalue weighted by atomic mass is 9.87. The molecule has 0 spiro atoms. The Morgan fingerprint density at radius 3 is 2.54 bits per heavy atom. The Morgan fingerprint density at radius 2 is 2.00 bits per heavy atom. The number of hydrogen-bond acceptors (Lipinski definition) is 6. The molecule has 6 unspecified atom stereocenters. The molecule has 2 aliphatic carbocycles. The Balaban J connectivity index is 1.83. The lowest BCUT2D eigenvalue weighted by Gasteiger charge is -2.43. The Hall–Kier alpha value is -1.18. The van der Waals surface area contributed by atoms with Crippen molar-refractivity contribution < 1.29 is 23.8 Å². The smallest absolute Gasteiger partial charge is 0.462 e. The van der Waals surface area contributed by atoms with Gasteiger partial charge in [0.25, 0.3) is 0 Å². The molecule has 1 amide bonds. The minimum atomic E-state index is -0.466. The summed E-state index contributed by atoms with van der Waals surface area (Å²) >= 11 is 0. The van der Waals surface area contributed by atoms with Gasteiger partial charge < -0.3 is 9.47 Å². The van der Waals surface area contributed by atoms with Crippen molar-refractivity contribution in [2.24, 2.45) is 17.8 Å². The van der Waals surface area contributed by atoms with Crippen LogP contribution in [-0.4, -0.2) is 47.6 Å². The summed E-state index contributed by atoms with van der Waals surface area (Å²) < 4.78 is 11.2. The molecular formula is C17H30N3O4+. The highest BCUT2D eigenvalue weighted by molar-refractivity contribution is 5.78. The van der Waals surface area contributed by atoms with Crippen LogP contribution < -0.4 is 10.9 Å². The van der Waals surface area contributed by atoms with Crippen LogP contribution in [0.2, 0.25) is 0 Å². The van der Waals surface area contributed by atoms with Gasteiger partial charge in [0, 0.05) is 18.9 Å². The highest BCUT2D eigenvalue weighted by Crippen LogP contribution is 2.55. The Kier molecular flexibility index (Phi) is 4.17. The number of carbonyl (C=O) groups is 2. The van der Waals surface area contributed by atoms with Crippen LogP contribution in [0.25, 0.3) is 0 Å². The maximum Gasteiger partial charge on any atom is 0.557 e. The summed E-state index contributed by atoms with van der Waals surface area (Å²) in [7, 11) is 1.74. The molecule has 0 aromatic heterocycles. The molecule has 0 radical (unpaired) electrons. The monoisotopic (exact) mass is 340 g/mol. The van der Waals surface area contributed by atoms with Crippen molar-refractivity contribution in [2.45, 2.75) is 71.2 Å². The largest absolute Gasteiger partial charge is 0.557 e. The maximum atomic E-state index is 13.2. The number of fused-ring (bicyclic) bond motifs is 1. The number of rotatable bonds is 4. The fraction of sp³-hybridized carbons (Fsp3) is 0.882. The summed E-state index contributed by atoms with van der Waals surface area (Å²) in [6, 6.07) is 0.0741. The first-order chi connectivity index (χ1) is 11.1. The van der Waals surface area contributed by atoms with E-state index in [4.69, 9.17) is 9.47 Å². The van der Waals surface area contributed by atoms with Crippen molar-refractivity contribution in [1.82, 2.24) is 10.9 Å². The number of esters is 1. The van der Waals surface area contributed by atoms with Gasteiger partial charge in [-0.2, -0.15) is 4.79 Å². The van der Waals surface area contributed by atoms with Gasteiger partial charge in [-0.05, 0) is 47.5 Å². The van der Waals surface area contributed by atoms with Gasteiger partial charge in [-0.15, -0.1) is 10.9 Å². The number of quaternary nitrogens is 1. The summed E-state index contributed by atoms with van der Waals surface area (Å²) in [5.41, 5.74) is 5.92. The predicted octanol–water partition coefficient (Wildman–Crippen LogP) is 1.74. The van der Waals surface area contributed by atoms with Crippen LogP contribution >= 0.6 is 0 Å². The van der Waals surface area contributed by atoms with E-state index in [-0.39, 0.29) is 46.7 Å². The zero-order chi connectivity index (χ0) is 17.9. The minimum absolute atomic E-state index is 0.0439. The van der Waals surface area contributed by atoms with E-state index in [1.165, 1.54) is 0 Å². The van der Waals surface area contributed by atoms with Crippen LogP contribution in [0.3, 0.4) is 0 Å². The van der Waals surface area contributed by atoms with E-state index < -0.39 is 11.6 Å². The van der Waals surface area contributed by atoms with Crippen molar-refractivity contribution in [3.63, 3.8) is 0 Å². The lowest BCUT2D eigenvalue weighted by Crippen LogP contribution is -2.77. The quantitative estimate of drug-likeness (QED) is 0.461. The average Bonchev–Trinajstić information content (AvgIpc) is 3.05. The first-order valence-corrected chi connectivity index (χ1v) is 8.88. The van der Waals surface area contributed by atoms with Gasteiger partial charge in [0.2, 0.25) is 0 Å². The molecule has 2 bridgehead atoms. The van der Waals surface area contributed by atoms with Crippen molar-refractivity contribution in [3.05, 3.63) is 0 Å². The third-order valence-corrected chi connectivity index (χ3v) is 5.71. The molecule has 1 saturated heterocycles. The Labute approximate surface area is 143 Å². The van der Waals surface area contributed by atoms with Gasteiger partial charge in [0.05, 0.1) is 6.04 Å². The predicted molar refractivity (Wildman–Crippen MR) is 87.2 cm³/mol. The molecule has 2 N–H and O–H groups in total. The number of hydrogen-bond donors (Lipinski definition) is 2. The fourth-order valence-electron chi connectivity index (χ4n) is 4.69. The SMILES string of the molecule is CN[N+](NC(C)C)(C(=O)OC1C2CC3OC(=O)C1C3C2)C(C)(C)C. The van der Waals surface area contributed by atoms with Crippen LogP contribution in [-0.2, 0) is 14.3 Å². The summed E-state index contributed by atoms with van der Waals surface area (Å²) in [4.78, 5) is 25.3. The normalized spacial score (nSPS) is 36.8. The molecule has 0 aromatic carbocycles. The van der Waals surface area contributed by atoms with Gasteiger partial charge in [0.1, 0.15) is 23.7 Å². The number of nitrogens with one attached hydrogen (secondary N) is 2. The number of amides is 1. The molecule has 3 fully saturated rings. The van der Waals surface area contributed by atoms with Crippen LogP contribution in [0, 0.1) is 17.8 Å². The van der Waals surface area contributed by atoms with Gasteiger partial charge in [-0.3, -0.25) is 4.79 Å². The summed E-state index contributed by atoms with van der Waals surface area (Å²) in [5, 5.41) is 0. The highest BCUT2D eigenvalue weighted by Gasteiger charge is 2.65. The molecule has 3 rings (SSSR count). The fourth-order valence-corrected chi connectivity index (χ4v) is 4.69. The number of ether oxygens (including phenoxy) is 2. The second-order valence-corrected chi connectivity index (χ2v) is 8.59. The van der Waals surface area contributed by atoms with E-state index in [0.717, 1.165) is 12.8 Å². The minimum Gasteiger partial charge on any atom is -0.462 e. The van der Waals surface area contributed by atoms with E-state index in [1.807, 2.05) is 34.6 Å². The second kappa shape index (κ2) is 5.68. The summed E-state index contributed by atoms with van der Waals surface area (Å²) in [6.45, 7) is 9.89. The lowest BCUT2D eigenvalue weighted by molar-refractivity contribution is -0.984. The van der Waals surface area contributed by atoms with Gasteiger partial charge in [0.15, 0.2) is 0 Å². The average molecular weight is 340 g/mol. The Bertz CT molecular complexity index is 542. The molecule has 1 aliphatic heterocycles. The third kappa shape index (κ3) is 2.45. The van der Waals surface area contributed by atoms with Crippen molar-refractivity contribution in [1.29, 1.82) is 0 Å². The van der Waals surface area contributed by atoms with Crippen LogP contribution in [0.5, 0.6) is 0 Å². The molecule has 6 atom stereocenters. The summed E-state index contributed by atoms with van der Waals surface area (Å²) in [5.74, 6) is -0.0175. The molecule has 24 heavy (non-hydrogen) atoms. The molecule has 136 valence electrons. The van der Waals surface area contributed by atoms with Crippen molar-refractivity contribution in [3.8, 4) is 0 Å². The third-order valence-electron chi connectivity index (χ3n) is 5.71. The topological polar surface area (TPSA) is 76.7 Å². The van der Waals surface area contributed by atoms with E-state index in [0.29, 0.717) is 0 Å². The van der Waals surface area contributed by atoms with Gasteiger partial charge >= 0.3 is 12.1 Å². The van der Waals surface area contributed by atoms with Crippen LogP contribution in [0.1, 0.15) is 47.5 Å². The maximum absolute atomic E-state index is 13.2. The van der Waals surface area contributed by atoms with Crippen molar-refractivity contribution in [2.75, 3.05) is 7.05 Å². The van der Waals surface area contributed by atoms with E-state index in [2.05, 4.69) is 10.9 Å². The van der Waals surface area contributed by atoms with Crippen LogP contribution in [0.4, 0.5) is 4.79 Å². The highest BCUT2D eigenvalue weighted by atomic mass is 16.6. The Morgan fingerprint density at radius 1 is 1.33 bits per heavy atom. The van der Waals surface area contributed by atoms with Crippen molar-refractivity contribution >= 4 is 12.1 Å². The first kappa shape index (κ1) is 17.6. The van der Waals surface area contributed by atoms with E-state index in [1.54, 1.807) is 7.05 Å². The number of nitrogens with zero attached hydrogens (tertiary/aromatic N) is 1. The van der Waals surface area contributed by atoms with Gasteiger partial charge in [-0.1, -0.05) is 4.70 Å². The molecule has 7 heteroatoms. The number of carbonyl (C=O) groups excluding carboxylic acids is 2. The molecular weight excluding hydrogens is 310 g/mol. The molecule has 1 heterocycles. The zero-order valence-corrected chi connectivity index (χ0v) is 15.5. The zero-order valence-electron chi connectivity index (χ0n) is 15.5.